The van der Waals surface area contributed by atoms with Gasteiger partial charge in [-0.3, -0.25) is 14.9 Å². The summed E-state index contributed by atoms with van der Waals surface area (Å²) < 4.78 is 5.35. The van der Waals surface area contributed by atoms with Crippen LogP contribution in [-0.2, 0) is 16.0 Å². The topological polar surface area (TPSA) is 93.2 Å². The summed E-state index contributed by atoms with van der Waals surface area (Å²) in [6.45, 7) is 2.59. The number of benzene rings is 1. The number of nitrogens with zero attached hydrogens (tertiary/aromatic N) is 2. The Labute approximate surface area is 143 Å². The number of carbonyl (C=O) groups is 2. The Morgan fingerprint density at radius 3 is 2.92 bits per heavy atom. The number of hydrogen-bond donors (Lipinski definition) is 2. The van der Waals surface area contributed by atoms with E-state index in [1.165, 1.54) is 11.3 Å². The van der Waals surface area contributed by atoms with E-state index in [-0.39, 0.29) is 11.8 Å². The molecular formula is C16H18N4O3S. The van der Waals surface area contributed by atoms with E-state index in [0.29, 0.717) is 23.0 Å². The maximum atomic E-state index is 12.3. The van der Waals surface area contributed by atoms with Gasteiger partial charge in [-0.25, -0.2) is 0 Å². The summed E-state index contributed by atoms with van der Waals surface area (Å²) in [5, 5.41) is 14.7. The number of aryl methyl sites for hydroxylation is 1. The van der Waals surface area contributed by atoms with Gasteiger partial charge < -0.3 is 10.1 Å². The number of nitrogens with one attached hydrogen (secondary N) is 2. The highest BCUT2D eigenvalue weighted by molar-refractivity contribution is 7.15. The van der Waals surface area contributed by atoms with E-state index in [0.717, 1.165) is 24.3 Å². The van der Waals surface area contributed by atoms with Crippen LogP contribution in [-0.4, -0.2) is 34.7 Å². The highest BCUT2D eigenvalue weighted by Crippen LogP contribution is 2.19. The Morgan fingerprint density at radius 2 is 2.21 bits per heavy atom. The predicted octanol–water partition coefficient (Wildman–Crippen LogP) is 2.47. The van der Waals surface area contributed by atoms with E-state index in [4.69, 9.17) is 4.74 Å². The van der Waals surface area contributed by atoms with Crippen molar-refractivity contribution in [2.24, 2.45) is 0 Å². The maximum Gasteiger partial charge on any atom is 0.257 e. The molecule has 8 heteroatoms. The fourth-order valence-corrected chi connectivity index (χ4v) is 3.04. The van der Waals surface area contributed by atoms with Crippen molar-refractivity contribution in [1.82, 2.24) is 10.2 Å². The van der Waals surface area contributed by atoms with Crippen LogP contribution in [0.25, 0.3) is 0 Å². The van der Waals surface area contributed by atoms with E-state index in [9.17, 15) is 9.59 Å². The van der Waals surface area contributed by atoms with E-state index in [2.05, 4.69) is 20.8 Å². The molecular weight excluding hydrogens is 328 g/mol. The molecule has 2 heterocycles. The third-order valence-electron chi connectivity index (χ3n) is 3.60. The average Bonchev–Trinajstić information content (AvgIpc) is 3.26. The molecule has 0 radical (unpaired) electrons. The third kappa shape index (κ3) is 3.95. The summed E-state index contributed by atoms with van der Waals surface area (Å²) in [7, 11) is 0. The lowest BCUT2D eigenvalue weighted by atomic mass is 10.1. The summed E-state index contributed by atoms with van der Waals surface area (Å²) in [5.41, 5.74) is 1.00. The molecule has 1 aliphatic heterocycles. The SMILES string of the molecule is CCc1nnc(NC(=O)c2cccc(NC(=O)C3CCCO3)c2)s1. The molecule has 0 aliphatic carbocycles. The first kappa shape index (κ1) is 16.5. The zero-order valence-corrected chi connectivity index (χ0v) is 14.1. The van der Waals surface area contributed by atoms with Gasteiger partial charge in [0.25, 0.3) is 11.8 Å². The Kier molecular flexibility index (Phi) is 5.17. The van der Waals surface area contributed by atoms with E-state index in [1.54, 1.807) is 24.3 Å². The number of carbonyl (C=O) groups excluding carboxylic acids is 2. The molecule has 2 N–H and O–H groups in total. The Balaban J connectivity index is 1.65. The maximum absolute atomic E-state index is 12.3. The average molecular weight is 346 g/mol. The van der Waals surface area contributed by atoms with Crippen LogP contribution in [0.15, 0.2) is 24.3 Å². The quantitative estimate of drug-likeness (QED) is 0.867. The minimum atomic E-state index is -0.406. The molecule has 1 fully saturated rings. The van der Waals surface area contributed by atoms with Gasteiger partial charge in [0.15, 0.2) is 0 Å². The van der Waals surface area contributed by atoms with Crippen molar-refractivity contribution < 1.29 is 14.3 Å². The second-order valence-corrected chi connectivity index (χ2v) is 6.44. The van der Waals surface area contributed by atoms with Gasteiger partial charge in [-0.05, 0) is 37.5 Å². The first-order valence-electron chi connectivity index (χ1n) is 7.82. The molecule has 3 rings (SSSR count). The minimum absolute atomic E-state index is 0.179. The largest absolute Gasteiger partial charge is 0.368 e. The highest BCUT2D eigenvalue weighted by Gasteiger charge is 2.23. The Hall–Kier alpha value is -2.32. The second-order valence-electron chi connectivity index (χ2n) is 5.38. The van der Waals surface area contributed by atoms with Crippen molar-refractivity contribution in [2.45, 2.75) is 32.3 Å². The standard InChI is InChI=1S/C16H18N4O3S/c1-2-13-19-20-16(24-13)18-14(21)10-5-3-6-11(9-10)17-15(22)12-7-4-8-23-12/h3,5-6,9,12H,2,4,7-8H2,1H3,(H,17,22)(H,18,20,21). The van der Waals surface area contributed by atoms with Crippen LogP contribution in [0.5, 0.6) is 0 Å². The number of amides is 2. The molecule has 2 amide bonds. The van der Waals surface area contributed by atoms with Gasteiger partial charge in [-0.2, -0.15) is 0 Å². The lowest BCUT2D eigenvalue weighted by Gasteiger charge is -2.11. The summed E-state index contributed by atoms with van der Waals surface area (Å²) in [4.78, 5) is 24.4. The third-order valence-corrected chi connectivity index (χ3v) is 4.59. The molecule has 126 valence electrons. The molecule has 0 bridgehead atoms. The fraction of sp³-hybridized carbons (Fsp3) is 0.375. The monoisotopic (exact) mass is 346 g/mol. The number of ether oxygens (including phenoxy) is 1. The molecule has 1 aliphatic rings. The highest BCUT2D eigenvalue weighted by atomic mass is 32.1. The summed E-state index contributed by atoms with van der Waals surface area (Å²) in [5.74, 6) is -0.469. The van der Waals surface area contributed by atoms with Crippen molar-refractivity contribution >= 4 is 34.0 Å². The fourth-order valence-electron chi connectivity index (χ4n) is 2.36. The smallest absolute Gasteiger partial charge is 0.257 e. The van der Waals surface area contributed by atoms with Gasteiger partial charge in [-0.1, -0.05) is 24.3 Å². The van der Waals surface area contributed by atoms with Gasteiger partial charge in [-0.15, -0.1) is 10.2 Å². The van der Waals surface area contributed by atoms with Gasteiger partial charge in [0.2, 0.25) is 5.13 Å². The normalized spacial score (nSPS) is 16.8. The molecule has 7 nitrogen and oxygen atoms in total. The van der Waals surface area contributed by atoms with Crippen molar-refractivity contribution in [1.29, 1.82) is 0 Å². The Morgan fingerprint density at radius 1 is 1.33 bits per heavy atom. The molecule has 0 saturated carbocycles. The molecule has 1 aromatic carbocycles. The van der Waals surface area contributed by atoms with E-state index < -0.39 is 6.10 Å². The van der Waals surface area contributed by atoms with Gasteiger partial charge >= 0.3 is 0 Å². The van der Waals surface area contributed by atoms with Crippen molar-refractivity contribution in [3.63, 3.8) is 0 Å². The first-order valence-corrected chi connectivity index (χ1v) is 8.63. The summed E-state index contributed by atoms with van der Waals surface area (Å²) in [6, 6.07) is 6.77. The number of rotatable bonds is 5. The summed E-state index contributed by atoms with van der Waals surface area (Å²) in [6.07, 6.45) is 1.99. The molecule has 1 atom stereocenters. The number of aromatic nitrogens is 2. The number of anilines is 2. The zero-order chi connectivity index (χ0) is 16.9. The van der Waals surface area contributed by atoms with Crippen LogP contribution >= 0.6 is 11.3 Å². The zero-order valence-electron chi connectivity index (χ0n) is 13.2. The Bertz CT molecular complexity index is 740. The molecule has 0 spiro atoms. The van der Waals surface area contributed by atoms with E-state index in [1.807, 2.05) is 6.92 Å². The predicted molar refractivity (Wildman–Crippen MR) is 91.3 cm³/mol. The van der Waals surface area contributed by atoms with Crippen molar-refractivity contribution in [3.8, 4) is 0 Å². The van der Waals surface area contributed by atoms with E-state index >= 15 is 0 Å². The van der Waals surface area contributed by atoms with Crippen LogP contribution in [0, 0.1) is 0 Å². The van der Waals surface area contributed by atoms with Crippen LogP contribution in [0.2, 0.25) is 0 Å². The first-order chi connectivity index (χ1) is 11.7. The lowest BCUT2D eigenvalue weighted by Crippen LogP contribution is -2.27. The van der Waals surface area contributed by atoms with Crippen LogP contribution < -0.4 is 10.6 Å². The van der Waals surface area contributed by atoms with Crippen molar-refractivity contribution in [2.75, 3.05) is 17.2 Å². The second kappa shape index (κ2) is 7.50. The number of hydrogen-bond acceptors (Lipinski definition) is 6. The minimum Gasteiger partial charge on any atom is -0.368 e. The van der Waals surface area contributed by atoms with Crippen LogP contribution in [0.4, 0.5) is 10.8 Å². The van der Waals surface area contributed by atoms with Gasteiger partial charge in [0.1, 0.15) is 11.1 Å². The van der Waals surface area contributed by atoms with Gasteiger partial charge in [0, 0.05) is 17.9 Å². The van der Waals surface area contributed by atoms with Crippen molar-refractivity contribution in [3.05, 3.63) is 34.8 Å². The van der Waals surface area contributed by atoms with Gasteiger partial charge in [0.05, 0.1) is 0 Å². The molecule has 1 saturated heterocycles. The summed E-state index contributed by atoms with van der Waals surface area (Å²) >= 11 is 1.35. The van der Waals surface area contributed by atoms with Crippen LogP contribution in [0.1, 0.15) is 35.1 Å². The molecule has 1 unspecified atom stereocenters. The molecule has 1 aromatic heterocycles. The lowest BCUT2D eigenvalue weighted by molar-refractivity contribution is -0.124. The van der Waals surface area contributed by atoms with Crippen LogP contribution in [0.3, 0.4) is 0 Å². The molecule has 24 heavy (non-hydrogen) atoms. The molecule has 2 aromatic rings.